The Morgan fingerprint density at radius 3 is 2.96 bits per heavy atom. The Morgan fingerprint density at radius 1 is 1.33 bits per heavy atom. The zero-order valence-corrected chi connectivity index (χ0v) is 15.6. The first kappa shape index (κ1) is 19.0. The van der Waals surface area contributed by atoms with E-state index in [1.807, 2.05) is 10.3 Å². The van der Waals surface area contributed by atoms with Gasteiger partial charge in [-0.25, -0.2) is 0 Å². The molecule has 1 unspecified atom stereocenters. The van der Waals surface area contributed by atoms with E-state index < -0.39 is 0 Å². The second kappa shape index (κ2) is 10.5. The van der Waals surface area contributed by atoms with Gasteiger partial charge in [0, 0.05) is 26.1 Å². The van der Waals surface area contributed by atoms with E-state index in [4.69, 9.17) is 0 Å². The fourth-order valence-electron chi connectivity index (χ4n) is 3.17. The molecule has 0 spiro atoms. The van der Waals surface area contributed by atoms with Crippen molar-refractivity contribution in [3.63, 3.8) is 0 Å². The number of thiophene rings is 1. The van der Waals surface area contributed by atoms with Crippen LogP contribution in [0.4, 0.5) is 0 Å². The molecule has 1 aromatic rings. The first-order valence-electron chi connectivity index (χ1n) is 9.27. The number of unbranched alkanes of at least 4 members (excludes halogenated alkanes) is 3. The third kappa shape index (κ3) is 6.27. The minimum Gasteiger partial charge on any atom is -0.356 e. The van der Waals surface area contributed by atoms with E-state index in [-0.39, 0.29) is 17.7 Å². The van der Waals surface area contributed by atoms with Gasteiger partial charge in [0.25, 0.3) is 0 Å². The van der Waals surface area contributed by atoms with Crippen molar-refractivity contribution in [2.75, 3.05) is 19.6 Å². The van der Waals surface area contributed by atoms with E-state index in [9.17, 15) is 9.59 Å². The fraction of sp³-hybridized carbons (Fsp3) is 0.684. The number of piperidine rings is 1. The fourth-order valence-corrected chi connectivity index (χ4v) is 3.87. The van der Waals surface area contributed by atoms with Gasteiger partial charge in [-0.05, 0) is 48.1 Å². The molecule has 24 heavy (non-hydrogen) atoms. The molecule has 1 N–H and O–H groups in total. The molecule has 1 atom stereocenters. The van der Waals surface area contributed by atoms with Crippen LogP contribution >= 0.6 is 11.3 Å². The summed E-state index contributed by atoms with van der Waals surface area (Å²) in [4.78, 5) is 26.6. The number of carbonyl (C=O) groups excluding carboxylic acids is 2. The smallest absolute Gasteiger partial charge is 0.224 e. The van der Waals surface area contributed by atoms with E-state index in [2.05, 4.69) is 23.7 Å². The van der Waals surface area contributed by atoms with Crippen LogP contribution in [0.15, 0.2) is 16.8 Å². The lowest BCUT2D eigenvalue weighted by Crippen LogP contribution is -2.45. The zero-order chi connectivity index (χ0) is 17.2. The number of nitrogens with zero attached hydrogens (tertiary/aromatic N) is 1. The Hall–Kier alpha value is -1.36. The van der Waals surface area contributed by atoms with E-state index >= 15 is 0 Å². The normalized spacial score (nSPS) is 17.7. The lowest BCUT2D eigenvalue weighted by Gasteiger charge is -2.32. The van der Waals surface area contributed by atoms with Crippen LogP contribution in [0.1, 0.15) is 57.4 Å². The van der Waals surface area contributed by atoms with Gasteiger partial charge in [0.2, 0.25) is 11.8 Å². The molecule has 4 nitrogen and oxygen atoms in total. The van der Waals surface area contributed by atoms with Gasteiger partial charge in [0.15, 0.2) is 0 Å². The molecule has 5 heteroatoms. The minimum absolute atomic E-state index is 0.0324. The maximum Gasteiger partial charge on any atom is 0.224 e. The molecule has 0 radical (unpaired) electrons. The highest BCUT2D eigenvalue weighted by atomic mass is 32.1. The van der Waals surface area contributed by atoms with Gasteiger partial charge in [-0.15, -0.1) is 0 Å². The SMILES string of the molecule is CCCCCCNC(=O)C1CCCN(C(=O)CCc2ccsc2)C1. The maximum absolute atomic E-state index is 12.4. The molecule has 1 aliphatic heterocycles. The number of likely N-dealkylation sites (tertiary alicyclic amines) is 1. The van der Waals surface area contributed by atoms with Crippen LogP contribution in [0.25, 0.3) is 0 Å². The van der Waals surface area contributed by atoms with E-state index in [0.717, 1.165) is 38.8 Å². The van der Waals surface area contributed by atoms with Gasteiger partial charge in [-0.2, -0.15) is 11.3 Å². The van der Waals surface area contributed by atoms with Crippen molar-refractivity contribution in [2.45, 2.75) is 58.3 Å². The Morgan fingerprint density at radius 2 is 2.21 bits per heavy atom. The Bertz CT molecular complexity index is 501. The average molecular weight is 351 g/mol. The minimum atomic E-state index is -0.0324. The van der Waals surface area contributed by atoms with Crippen LogP contribution in [0, 0.1) is 5.92 Å². The first-order chi connectivity index (χ1) is 11.7. The maximum atomic E-state index is 12.4. The standard InChI is InChI=1S/C19H30N2O2S/c1-2-3-4-5-11-20-19(23)17-7-6-12-21(14-17)18(22)9-8-16-10-13-24-15-16/h10,13,15,17H,2-9,11-12,14H2,1H3,(H,20,23). The van der Waals surface area contributed by atoms with Crippen molar-refractivity contribution in [1.82, 2.24) is 10.2 Å². The average Bonchev–Trinajstić information content (AvgIpc) is 3.13. The predicted molar refractivity (Wildman–Crippen MR) is 99.1 cm³/mol. The van der Waals surface area contributed by atoms with Gasteiger partial charge >= 0.3 is 0 Å². The topological polar surface area (TPSA) is 49.4 Å². The second-order valence-electron chi connectivity index (χ2n) is 6.66. The van der Waals surface area contributed by atoms with Gasteiger partial charge < -0.3 is 10.2 Å². The predicted octanol–water partition coefficient (Wildman–Crippen LogP) is 3.62. The number of aryl methyl sites for hydroxylation is 1. The number of amides is 2. The molecular formula is C19H30N2O2S. The molecule has 1 aromatic heterocycles. The van der Waals surface area contributed by atoms with Crippen molar-refractivity contribution in [2.24, 2.45) is 5.92 Å². The van der Waals surface area contributed by atoms with Gasteiger partial charge in [-0.3, -0.25) is 9.59 Å². The molecule has 0 saturated carbocycles. The molecule has 2 heterocycles. The first-order valence-corrected chi connectivity index (χ1v) is 10.2. The number of rotatable bonds is 9. The summed E-state index contributed by atoms with van der Waals surface area (Å²) < 4.78 is 0. The van der Waals surface area contributed by atoms with E-state index in [1.165, 1.54) is 24.8 Å². The van der Waals surface area contributed by atoms with Crippen LogP contribution in [0.5, 0.6) is 0 Å². The van der Waals surface area contributed by atoms with E-state index in [0.29, 0.717) is 13.0 Å². The molecule has 134 valence electrons. The molecular weight excluding hydrogens is 320 g/mol. The lowest BCUT2D eigenvalue weighted by molar-refractivity contribution is -0.135. The van der Waals surface area contributed by atoms with Gasteiger partial charge in [0.05, 0.1) is 5.92 Å². The Balaban J connectivity index is 1.70. The summed E-state index contributed by atoms with van der Waals surface area (Å²) in [6, 6.07) is 2.07. The summed E-state index contributed by atoms with van der Waals surface area (Å²) in [7, 11) is 0. The van der Waals surface area contributed by atoms with Gasteiger partial charge in [-0.1, -0.05) is 26.2 Å². The lowest BCUT2D eigenvalue weighted by atomic mass is 9.96. The van der Waals surface area contributed by atoms with Crippen molar-refractivity contribution < 1.29 is 9.59 Å². The molecule has 1 fully saturated rings. The third-order valence-electron chi connectivity index (χ3n) is 4.68. The number of nitrogens with one attached hydrogen (secondary N) is 1. The van der Waals surface area contributed by atoms with Crippen molar-refractivity contribution >= 4 is 23.2 Å². The molecule has 2 rings (SSSR count). The van der Waals surface area contributed by atoms with Gasteiger partial charge in [0.1, 0.15) is 0 Å². The van der Waals surface area contributed by atoms with Crippen molar-refractivity contribution in [3.8, 4) is 0 Å². The summed E-state index contributed by atoms with van der Waals surface area (Å²) in [5.74, 6) is 0.276. The summed E-state index contributed by atoms with van der Waals surface area (Å²) in [5.41, 5.74) is 1.23. The van der Waals surface area contributed by atoms with Crippen LogP contribution in [0.2, 0.25) is 0 Å². The van der Waals surface area contributed by atoms with Crippen LogP contribution in [-0.2, 0) is 16.0 Å². The summed E-state index contributed by atoms with van der Waals surface area (Å²) in [6.07, 6.45) is 7.83. The van der Waals surface area contributed by atoms with Crippen molar-refractivity contribution in [3.05, 3.63) is 22.4 Å². The highest BCUT2D eigenvalue weighted by molar-refractivity contribution is 7.07. The number of hydrogen-bond donors (Lipinski definition) is 1. The largest absolute Gasteiger partial charge is 0.356 e. The number of hydrogen-bond acceptors (Lipinski definition) is 3. The second-order valence-corrected chi connectivity index (χ2v) is 7.44. The van der Waals surface area contributed by atoms with Crippen LogP contribution in [-0.4, -0.2) is 36.3 Å². The molecule has 0 bridgehead atoms. The van der Waals surface area contributed by atoms with Crippen LogP contribution < -0.4 is 5.32 Å². The Kier molecular flexibility index (Phi) is 8.29. The summed E-state index contributed by atoms with van der Waals surface area (Å²) in [6.45, 7) is 4.33. The highest BCUT2D eigenvalue weighted by Gasteiger charge is 2.27. The molecule has 2 amide bonds. The van der Waals surface area contributed by atoms with Crippen molar-refractivity contribution in [1.29, 1.82) is 0 Å². The quantitative estimate of drug-likeness (QED) is 0.692. The number of carbonyl (C=O) groups is 2. The molecule has 1 aliphatic rings. The summed E-state index contributed by atoms with van der Waals surface area (Å²) >= 11 is 1.67. The monoisotopic (exact) mass is 350 g/mol. The molecule has 0 aromatic carbocycles. The third-order valence-corrected chi connectivity index (χ3v) is 5.41. The highest BCUT2D eigenvalue weighted by Crippen LogP contribution is 2.18. The van der Waals surface area contributed by atoms with E-state index in [1.54, 1.807) is 11.3 Å². The molecule has 1 saturated heterocycles. The molecule has 0 aliphatic carbocycles. The summed E-state index contributed by atoms with van der Waals surface area (Å²) in [5, 5.41) is 7.19. The zero-order valence-electron chi connectivity index (χ0n) is 14.8. The van der Waals surface area contributed by atoms with Crippen LogP contribution in [0.3, 0.4) is 0 Å². The Labute approximate surface area is 149 Å².